The zero-order chi connectivity index (χ0) is 18.2. The molecule has 1 aromatic rings. The zero-order valence-corrected chi connectivity index (χ0v) is 15.5. The molecule has 1 unspecified atom stereocenters. The summed E-state index contributed by atoms with van der Waals surface area (Å²) in [6.45, 7) is 7.70. The lowest BCUT2D eigenvalue weighted by Gasteiger charge is -2.36. The van der Waals surface area contributed by atoms with Gasteiger partial charge in [-0.3, -0.25) is 14.6 Å². The Labute approximate surface area is 145 Å². The highest BCUT2D eigenvalue weighted by molar-refractivity contribution is 5.78. The number of rotatable bonds is 9. The van der Waals surface area contributed by atoms with Crippen LogP contribution in [0.4, 0.5) is 0 Å². The topological polar surface area (TPSA) is 68.3 Å². The summed E-state index contributed by atoms with van der Waals surface area (Å²) < 4.78 is 4.87. The van der Waals surface area contributed by atoms with Crippen LogP contribution in [0, 0.1) is 5.41 Å². The third-order valence-corrected chi connectivity index (χ3v) is 4.38. The molecule has 24 heavy (non-hydrogen) atoms. The zero-order valence-electron chi connectivity index (χ0n) is 15.5. The van der Waals surface area contributed by atoms with E-state index in [1.165, 1.54) is 7.11 Å². The minimum absolute atomic E-state index is 0.0175. The lowest BCUT2D eigenvalue weighted by molar-refractivity contribution is -0.152. The molecule has 0 saturated heterocycles. The van der Waals surface area contributed by atoms with Gasteiger partial charge in [-0.05, 0) is 58.1 Å². The predicted molar refractivity (Wildman–Crippen MR) is 94.4 cm³/mol. The number of carbonyl (C=O) groups excluding carboxylic acids is 2. The molecule has 5 heteroatoms. The first kappa shape index (κ1) is 20.1. The van der Waals surface area contributed by atoms with E-state index in [0.29, 0.717) is 12.8 Å². The van der Waals surface area contributed by atoms with Crippen LogP contribution < -0.4 is 5.32 Å². The highest BCUT2D eigenvalue weighted by Gasteiger charge is 2.37. The van der Waals surface area contributed by atoms with Crippen LogP contribution in [-0.2, 0) is 20.7 Å². The summed E-state index contributed by atoms with van der Waals surface area (Å²) in [6, 6.07) is 3.92. The van der Waals surface area contributed by atoms with E-state index in [-0.39, 0.29) is 11.9 Å². The molecular formula is C19H30N2O3. The van der Waals surface area contributed by atoms with Crippen molar-refractivity contribution in [3.8, 4) is 0 Å². The molecule has 1 amide bonds. The molecule has 0 radical (unpaired) electrons. The molecule has 0 fully saturated rings. The van der Waals surface area contributed by atoms with E-state index < -0.39 is 11.0 Å². The minimum atomic E-state index is -0.636. The van der Waals surface area contributed by atoms with Crippen LogP contribution in [0.3, 0.4) is 0 Å². The van der Waals surface area contributed by atoms with E-state index in [1.807, 2.05) is 46.0 Å². The number of pyridine rings is 1. The van der Waals surface area contributed by atoms with Gasteiger partial charge >= 0.3 is 5.97 Å². The van der Waals surface area contributed by atoms with Crippen LogP contribution in [0.25, 0.3) is 0 Å². The molecule has 0 aliphatic rings. The Kier molecular flexibility index (Phi) is 7.39. The molecular weight excluding hydrogens is 304 g/mol. The summed E-state index contributed by atoms with van der Waals surface area (Å²) in [5.41, 5.74) is 0.0707. The van der Waals surface area contributed by atoms with Crippen molar-refractivity contribution in [2.45, 2.75) is 65.3 Å². The van der Waals surface area contributed by atoms with Crippen LogP contribution in [0.1, 0.15) is 58.9 Å². The number of ether oxygens (including phenoxy) is 1. The molecule has 0 aliphatic carbocycles. The number of aryl methyl sites for hydroxylation is 1. The van der Waals surface area contributed by atoms with Crippen molar-refractivity contribution in [3.63, 3.8) is 0 Å². The molecule has 0 bridgehead atoms. The molecule has 0 spiro atoms. The van der Waals surface area contributed by atoms with E-state index in [0.717, 1.165) is 24.8 Å². The van der Waals surface area contributed by atoms with Gasteiger partial charge in [0.15, 0.2) is 0 Å². The summed E-state index contributed by atoms with van der Waals surface area (Å²) in [6.07, 6.45) is 6.93. The normalized spacial score (nSPS) is 13.9. The Balaban J connectivity index is 2.53. The highest BCUT2D eigenvalue weighted by Crippen LogP contribution is 2.31. The molecule has 1 N–H and O–H groups in total. The summed E-state index contributed by atoms with van der Waals surface area (Å²) in [7, 11) is 1.39. The van der Waals surface area contributed by atoms with Crippen LogP contribution in [0.15, 0.2) is 24.5 Å². The standard InChI is InChI=1S/C19H30N2O3/c1-6-19(4,14-18(2,3)17(23)24-5)21-16(22)11-7-9-15-10-8-12-20-13-15/h8,10,12-13H,6-7,9,11,14H2,1-5H3,(H,21,22). The van der Waals surface area contributed by atoms with Gasteiger partial charge in [0.25, 0.3) is 0 Å². The Bertz CT molecular complexity index is 543. The van der Waals surface area contributed by atoms with Crippen molar-refractivity contribution in [1.82, 2.24) is 10.3 Å². The summed E-state index contributed by atoms with van der Waals surface area (Å²) in [4.78, 5) is 28.3. The van der Waals surface area contributed by atoms with Crippen molar-refractivity contribution >= 4 is 11.9 Å². The Morgan fingerprint density at radius 1 is 1.29 bits per heavy atom. The average Bonchev–Trinajstić information content (AvgIpc) is 2.54. The Morgan fingerprint density at radius 2 is 2.00 bits per heavy atom. The maximum atomic E-state index is 12.3. The minimum Gasteiger partial charge on any atom is -0.469 e. The molecule has 0 saturated carbocycles. The molecule has 1 rings (SSSR count). The number of nitrogens with zero attached hydrogens (tertiary/aromatic N) is 1. The summed E-state index contributed by atoms with van der Waals surface area (Å²) in [5, 5.41) is 3.10. The molecule has 1 atom stereocenters. The number of hydrogen-bond acceptors (Lipinski definition) is 4. The number of aromatic nitrogens is 1. The average molecular weight is 334 g/mol. The van der Waals surface area contributed by atoms with E-state index in [1.54, 1.807) is 6.20 Å². The van der Waals surface area contributed by atoms with Crippen molar-refractivity contribution in [1.29, 1.82) is 0 Å². The number of nitrogens with one attached hydrogen (secondary N) is 1. The lowest BCUT2D eigenvalue weighted by atomic mass is 9.77. The Morgan fingerprint density at radius 3 is 2.54 bits per heavy atom. The fourth-order valence-electron chi connectivity index (χ4n) is 2.98. The fourth-order valence-corrected chi connectivity index (χ4v) is 2.98. The largest absolute Gasteiger partial charge is 0.469 e. The van der Waals surface area contributed by atoms with Crippen LogP contribution in [0.2, 0.25) is 0 Å². The second-order valence-electron chi connectivity index (χ2n) is 7.23. The van der Waals surface area contributed by atoms with Crippen molar-refractivity contribution in [2.75, 3.05) is 7.11 Å². The van der Waals surface area contributed by atoms with Gasteiger partial charge in [0.2, 0.25) is 5.91 Å². The first-order valence-corrected chi connectivity index (χ1v) is 8.51. The molecule has 1 aromatic heterocycles. The predicted octanol–water partition coefficient (Wildman–Crippen LogP) is 3.28. The molecule has 1 heterocycles. The van der Waals surface area contributed by atoms with Crippen molar-refractivity contribution in [2.24, 2.45) is 5.41 Å². The van der Waals surface area contributed by atoms with Gasteiger partial charge in [-0.25, -0.2) is 0 Å². The molecule has 134 valence electrons. The smallest absolute Gasteiger partial charge is 0.311 e. The SMILES string of the molecule is CCC(C)(CC(C)(C)C(=O)OC)NC(=O)CCCc1cccnc1. The van der Waals surface area contributed by atoms with E-state index in [4.69, 9.17) is 4.74 Å². The van der Waals surface area contributed by atoms with Gasteiger partial charge in [-0.2, -0.15) is 0 Å². The lowest BCUT2D eigenvalue weighted by Crippen LogP contribution is -2.49. The number of methoxy groups -OCH3 is 1. The number of carbonyl (C=O) groups is 2. The number of esters is 1. The Hall–Kier alpha value is -1.91. The number of amides is 1. The molecule has 5 nitrogen and oxygen atoms in total. The van der Waals surface area contributed by atoms with Crippen LogP contribution in [-0.4, -0.2) is 29.5 Å². The third kappa shape index (κ3) is 6.30. The van der Waals surface area contributed by atoms with E-state index in [2.05, 4.69) is 10.3 Å². The first-order valence-electron chi connectivity index (χ1n) is 8.51. The summed E-state index contributed by atoms with van der Waals surface area (Å²) in [5.74, 6) is -0.239. The van der Waals surface area contributed by atoms with Gasteiger partial charge < -0.3 is 10.1 Å². The maximum absolute atomic E-state index is 12.3. The molecule has 0 aliphatic heterocycles. The van der Waals surface area contributed by atoms with Gasteiger partial charge in [0.05, 0.1) is 12.5 Å². The van der Waals surface area contributed by atoms with E-state index >= 15 is 0 Å². The second kappa shape index (κ2) is 8.81. The summed E-state index contributed by atoms with van der Waals surface area (Å²) >= 11 is 0. The molecule has 0 aromatic carbocycles. The fraction of sp³-hybridized carbons (Fsp3) is 0.632. The van der Waals surface area contributed by atoms with E-state index in [9.17, 15) is 9.59 Å². The monoisotopic (exact) mass is 334 g/mol. The van der Waals surface area contributed by atoms with Gasteiger partial charge in [0, 0.05) is 24.4 Å². The quantitative estimate of drug-likeness (QED) is 0.704. The first-order chi connectivity index (χ1) is 11.2. The third-order valence-electron chi connectivity index (χ3n) is 4.38. The maximum Gasteiger partial charge on any atom is 0.311 e. The van der Waals surface area contributed by atoms with Gasteiger partial charge in [0.1, 0.15) is 0 Å². The second-order valence-corrected chi connectivity index (χ2v) is 7.23. The van der Waals surface area contributed by atoms with Gasteiger partial charge in [-0.15, -0.1) is 0 Å². The van der Waals surface area contributed by atoms with Crippen LogP contribution >= 0.6 is 0 Å². The van der Waals surface area contributed by atoms with Gasteiger partial charge in [-0.1, -0.05) is 13.0 Å². The van der Waals surface area contributed by atoms with Crippen molar-refractivity contribution in [3.05, 3.63) is 30.1 Å². The van der Waals surface area contributed by atoms with Crippen molar-refractivity contribution < 1.29 is 14.3 Å². The van der Waals surface area contributed by atoms with Crippen LogP contribution in [0.5, 0.6) is 0 Å². The highest BCUT2D eigenvalue weighted by atomic mass is 16.5. The number of hydrogen-bond donors (Lipinski definition) is 1.